The first-order chi connectivity index (χ1) is 16.1. The molecule has 8 heteroatoms. The summed E-state index contributed by atoms with van der Waals surface area (Å²) in [5, 5.41) is 11.6. The summed E-state index contributed by atoms with van der Waals surface area (Å²) in [5.41, 5.74) is 1.73. The van der Waals surface area contributed by atoms with Crippen molar-refractivity contribution in [3.05, 3.63) is 53.1 Å². The van der Waals surface area contributed by atoms with E-state index in [1.165, 1.54) is 0 Å². The normalized spacial score (nSPS) is 32.6. The van der Waals surface area contributed by atoms with Crippen LogP contribution < -0.4 is 5.32 Å². The Morgan fingerprint density at radius 3 is 2.91 bits per heavy atom. The maximum absolute atomic E-state index is 13.2. The van der Waals surface area contributed by atoms with Gasteiger partial charge >= 0.3 is 5.97 Å². The Bertz CT molecular complexity index is 958. The van der Waals surface area contributed by atoms with E-state index in [2.05, 4.69) is 11.4 Å². The molecule has 3 fully saturated rings. The number of allylic oxidation sites excluding steroid dienone is 1. The van der Waals surface area contributed by atoms with Gasteiger partial charge in [0.2, 0.25) is 5.91 Å². The summed E-state index contributed by atoms with van der Waals surface area (Å²) in [6.45, 7) is 0.0839. The molecule has 4 aliphatic rings. The third-order valence-corrected chi connectivity index (χ3v) is 6.72. The Balaban J connectivity index is 1.28. The lowest BCUT2D eigenvalue weighted by Crippen LogP contribution is -2.43. The van der Waals surface area contributed by atoms with Gasteiger partial charge in [-0.1, -0.05) is 30.4 Å². The molecule has 1 aromatic carbocycles. The number of benzene rings is 1. The molecule has 2 heterocycles. The molecular weight excluding hydrogens is 426 g/mol. The molecule has 1 saturated carbocycles. The lowest BCUT2D eigenvalue weighted by molar-refractivity contribution is -0.118. The van der Waals surface area contributed by atoms with Crippen molar-refractivity contribution in [2.45, 2.75) is 56.2 Å². The van der Waals surface area contributed by atoms with E-state index in [0.29, 0.717) is 29.3 Å². The highest BCUT2D eigenvalue weighted by Crippen LogP contribution is 2.40. The SMILES string of the molecule is O=C(NCCO)C1=C[C@H]2OCO[C@H]2[C@H](OC(=O)c2ccccc2C=CC2CCC3OC3C2)C1. The predicted octanol–water partition coefficient (Wildman–Crippen LogP) is 1.97. The maximum Gasteiger partial charge on any atom is 0.339 e. The molecule has 2 aliphatic carbocycles. The van der Waals surface area contributed by atoms with Crippen LogP contribution >= 0.6 is 0 Å². The molecule has 0 spiro atoms. The molecule has 2 N–H and O–H groups in total. The van der Waals surface area contributed by atoms with Gasteiger partial charge in [-0.2, -0.15) is 0 Å². The van der Waals surface area contributed by atoms with Crippen molar-refractivity contribution in [3.63, 3.8) is 0 Å². The number of fused-ring (bicyclic) bond motifs is 2. The van der Waals surface area contributed by atoms with E-state index in [4.69, 9.17) is 24.1 Å². The number of hydrogen-bond acceptors (Lipinski definition) is 7. The van der Waals surface area contributed by atoms with Gasteiger partial charge < -0.3 is 29.4 Å². The van der Waals surface area contributed by atoms with Crippen molar-refractivity contribution in [1.29, 1.82) is 0 Å². The standard InChI is InChI=1S/C25H29NO7/c27-10-9-26-24(28)17-12-21-23(31-14-30-21)22(13-17)33-25(29)18-4-2-1-3-16(18)7-5-15-6-8-19-20(11-15)32-19/h1-5,7,12,15,19-23,27H,6,8-11,13-14H2,(H,26,28)/t15?,19?,20?,21-,22-,23-/m1/s1. The molecule has 33 heavy (non-hydrogen) atoms. The molecular formula is C25H29NO7. The highest BCUT2D eigenvalue weighted by molar-refractivity contribution is 5.95. The van der Waals surface area contributed by atoms with Gasteiger partial charge in [-0.05, 0) is 42.9 Å². The zero-order chi connectivity index (χ0) is 22.8. The molecule has 3 unspecified atom stereocenters. The van der Waals surface area contributed by atoms with Crippen LogP contribution in [0.15, 0.2) is 42.0 Å². The summed E-state index contributed by atoms with van der Waals surface area (Å²) in [7, 11) is 0. The van der Waals surface area contributed by atoms with Gasteiger partial charge in [0.1, 0.15) is 25.1 Å². The van der Waals surface area contributed by atoms with Gasteiger partial charge in [0.15, 0.2) is 0 Å². The second-order valence-corrected chi connectivity index (χ2v) is 8.93. The minimum atomic E-state index is -0.649. The summed E-state index contributed by atoms with van der Waals surface area (Å²) in [4.78, 5) is 25.6. The van der Waals surface area contributed by atoms with Crippen molar-refractivity contribution in [2.24, 2.45) is 5.92 Å². The zero-order valence-corrected chi connectivity index (χ0v) is 18.4. The molecule has 5 rings (SSSR count). The molecule has 0 radical (unpaired) electrons. The maximum atomic E-state index is 13.2. The molecule has 0 bridgehead atoms. The van der Waals surface area contributed by atoms with Crippen LogP contribution in [0.3, 0.4) is 0 Å². The molecule has 6 atom stereocenters. The number of nitrogens with one attached hydrogen (secondary N) is 1. The largest absolute Gasteiger partial charge is 0.456 e. The van der Waals surface area contributed by atoms with Crippen molar-refractivity contribution >= 4 is 18.0 Å². The van der Waals surface area contributed by atoms with E-state index >= 15 is 0 Å². The fourth-order valence-electron chi connectivity index (χ4n) is 4.89. The minimum Gasteiger partial charge on any atom is -0.456 e. The third-order valence-electron chi connectivity index (χ3n) is 6.72. The number of carbonyl (C=O) groups excluding carboxylic acids is 2. The van der Waals surface area contributed by atoms with Crippen LogP contribution in [0.2, 0.25) is 0 Å². The summed E-state index contributed by atoms with van der Waals surface area (Å²) < 4.78 is 22.7. The lowest BCUT2D eigenvalue weighted by Gasteiger charge is -2.30. The predicted molar refractivity (Wildman–Crippen MR) is 118 cm³/mol. The number of esters is 1. The average molecular weight is 456 g/mol. The van der Waals surface area contributed by atoms with Crippen molar-refractivity contribution in [2.75, 3.05) is 19.9 Å². The monoisotopic (exact) mass is 455 g/mol. The van der Waals surface area contributed by atoms with E-state index < -0.39 is 24.3 Å². The smallest absolute Gasteiger partial charge is 0.339 e. The zero-order valence-electron chi connectivity index (χ0n) is 18.4. The van der Waals surface area contributed by atoms with E-state index in [-0.39, 0.29) is 32.3 Å². The number of carbonyl (C=O) groups is 2. The van der Waals surface area contributed by atoms with Crippen molar-refractivity contribution in [3.8, 4) is 0 Å². The van der Waals surface area contributed by atoms with Gasteiger partial charge in [-0.15, -0.1) is 0 Å². The minimum absolute atomic E-state index is 0.0811. The number of ether oxygens (including phenoxy) is 4. The van der Waals surface area contributed by atoms with E-state index in [1.807, 2.05) is 24.3 Å². The number of aliphatic hydroxyl groups is 1. The average Bonchev–Trinajstić information content (AvgIpc) is 3.45. The summed E-state index contributed by atoms with van der Waals surface area (Å²) in [6, 6.07) is 7.36. The molecule has 176 valence electrons. The number of amides is 1. The molecule has 2 saturated heterocycles. The summed E-state index contributed by atoms with van der Waals surface area (Å²) in [6.07, 6.45) is 8.62. The summed E-state index contributed by atoms with van der Waals surface area (Å²) in [5.74, 6) is -0.316. The fraction of sp³-hybridized carbons (Fsp3) is 0.520. The second-order valence-electron chi connectivity index (χ2n) is 8.93. The van der Waals surface area contributed by atoms with Gasteiger partial charge in [0, 0.05) is 18.5 Å². The molecule has 1 amide bonds. The first-order valence-electron chi connectivity index (χ1n) is 11.6. The van der Waals surface area contributed by atoms with Crippen LogP contribution in [0.5, 0.6) is 0 Å². The number of epoxide rings is 1. The fourth-order valence-corrected chi connectivity index (χ4v) is 4.89. The Morgan fingerprint density at radius 1 is 1.18 bits per heavy atom. The van der Waals surface area contributed by atoms with E-state index in [1.54, 1.807) is 12.1 Å². The molecule has 1 aromatic rings. The van der Waals surface area contributed by atoms with Crippen LogP contribution in [0, 0.1) is 5.92 Å². The van der Waals surface area contributed by atoms with Gasteiger partial charge in [0.05, 0.1) is 24.4 Å². The second kappa shape index (κ2) is 9.77. The van der Waals surface area contributed by atoms with Crippen molar-refractivity contribution < 1.29 is 33.6 Å². The first-order valence-corrected chi connectivity index (χ1v) is 11.6. The van der Waals surface area contributed by atoms with Gasteiger partial charge in [-0.3, -0.25) is 4.79 Å². The molecule has 8 nitrogen and oxygen atoms in total. The highest BCUT2D eigenvalue weighted by Gasteiger charge is 2.44. The van der Waals surface area contributed by atoms with E-state index in [0.717, 1.165) is 24.8 Å². The quantitative estimate of drug-likeness (QED) is 0.478. The Hall–Kier alpha value is -2.52. The highest BCUT2D eigenvalue weighted by atomic mass is 16.7. The molecule has 2 aliphatic heterocycles. The van der Waals surface area contributed by atoms with Crippen LogP contribution in [0.4, 0.5) is 0 Å². The van der Waals surface area contributed by atoms with Crippen LogP contribution in [0.25, 0.3) is 6.08 Å². The van der Waals surface area contributed by atoms with Crippen LogP contribution in [0.1, 0.15) is 41.6 Å². The van der Waals surface area contributed by atoms with E-state index in [9.17, 15) is 9.59 Å². The van der Waals surface area contributed by atoms with Gasteiger partial charge in [-0.25, -0.2) is 4.79 Å². The Labute approximate surface area is 192 Å². The first kappa shape index (κ1) is 22.3. The van der Waals surface area contributed by atoms with Gasteiger partial charge in [0.25, 0.3) is 0 Å². The Kier molecular flexibility index (Phi) is 6.59. The third kappa shape index (κ3) is 5.04. The Morgan fingerprint density at radius 2 is 2.06 bits per heavy atom. The topological polar surface area (TPSA) is 107 Å². The lowest BCUT2D eigenvalue weighted by atomic mass is 9.88. The van der Waals surface area contributed by atoms with Crippen molar-refractivity contribution in [1.82, 2.24) is 5.32 Å². The number of aliphatic hydroxyl groups excluding tert-OH is 1. The van der Waals surface area contributed by atoms with Crippen LogP contribution in [-0.4, -0.2) is 67.4 Å². The summed E-state index contributed by atoms with van der Waals surface area (Å²) >= 11 is 0. The number of rotatable bonds is 7. The number of hydrogen-bond donors (Lipinski definition) is 2. The van der Waals surface area contributed by atoms with Crippen LogP contribution in [-0.2, 0) is 23.7 Å². The molecule has 0 aromatic heterocycles.